The predicted octanol–water partition coefficient (Wildman–Crippen LogP) is 3.30. The number of aliphatic imine (C=N–C) groups is 1. The lowest BCUT2D eigenvalue weighted by Gasteiger charge is -2.17. The molecule has 0 aliphatic heterocycles. The van der Waals surface area contributed by atoms with Gasteiger partial charge in [-0.1, -0.05) is 48.9 Å². The molecule has 1 amide bonds. The second kappa shape index (κ2) is 11.0. The van der Waals surface area contributed by atoms with E-state index in [2.05, 4.69) is 64.2 Å². The summed E-state index contributed by atoms with van der Waals surface area (Å²) < 4.78 is 1.59. The molecule has 1 heterocycles. The van der Waals surface area contributed by atoms with Crippen LogP contribution >= 0.6 is 0 Å². The molecule has 0 radical (unpaired) electrons. The highest BCUT2D eigenvalue weighted by Crippen LogP contribution is 2.15. The third-order valence-electron chi connectivity index (χ3n) is 4.95. The maximum atomic E-state index is 12.2. The van der Waals surface area contributed by atoms with E-state index in [9.17, 15) is 4.79 Å². The average Bonchev–Trinajstić information content (AvgIpc) is 3.26. The van der Waals surface area contributed by atoms with Crippen LogP contribution in [-0.4, -0.2) is 35.2 Å². The van der Waals surface area contributed by atoms with E-state index in [1.54, 1.807) is 30.2 Å². The summed E-state index contributed by atoms with van der Waals surface area (Å²) in [6, 6.07) is 18.1. The Bertz CT molecular complexity index is 1010. The number of amides is 1. The van der Waals surface area contributed by atoms with Crippen LogP contribution in [0.3, 0.4) is 0 Å². The zero-order chi connectivity index (χ0) is 22.1. The maximum absolute atomic E-state index is 12.2. The van der Waals surface area contributed by atoms with Crippen LogP contribution in [0.5, 0.6) is 0 Å². The Balaban J connectivity index is 1.49. The number of carbonyl (C=O) groups excluding carboxylic acids is 1. The lowest BCUT2D eigenvalue weighted by molar-refractivity contribution is -0.116. The molecule has 3 rings (SSSR count). The average molecular weight is 419 g/mol. The molecule has 1 atom stereocenters. The molecule has 7 nitrogen and oxygen atoms in total. The zero-order valence-electron chi connectivity index (χ0n) is 18.3. The smallest absolute Gasteiger partial charge is 0.246 e. The number of aromatic nitrogens is 2. The van der Waals surface area contributed by atoms with Gasteiger partial charge in [-0.15, -0.1) is 0 Å². The van der Waals surface area contributed by atoms with Gasteiger partial charge < -0.3 is 16.0 Å². The second-order valence-corrected chi connectivity index (χ2v) is 7.57. The highest BCUT2D eigenvalue weighted by atomic mass is 16.2. The van der Waals surface area contributed by atoms with Gasteiger partial charge in [0.2, 0.25) is 5.91 Å². The molecule has 0 spiro atoms. The summed E-state index contributed by atoms with van der Waals surface area (Å²) in [5, 5.41) is 13.7. The first-order valence-electron chi connectivity index (χ1n) is 10.4. The Morgan fingerprint density at radius 1 is 1.13 bits per heavy atom. The fraction of sp³-hybridized carbons (Fsp3) is 0.292. The lowest BCUT2D eigenvalue weighted by Crippen LogP contribution is -2.38. The molecule has 0 bridgehead atoms. The number of anilines is 1. The zero-order valence-corrected chi connectivity index (χ0v) is 18.3. The standard InChI is InChI=1S/C24H30N6O/c1-18-7-4-9-21(13-18)19(2)15-26-24(25-3)27-16-20-8-5-10-22(14-20)29-23(31)17-30-12-6-11-28-30/h4-14,19H,15-17H2,1-3H3,(H,29,31)(H2,25,26,27). The largest absolute Gasteiger partial charge is 0.356 e. The van der Waals surface area contributed by atoms with Crippen LogP contribution in [0.1, 0.15) is 29.5 Å². The van der Waals surface area contributed by atoms with Gasteiger partial charge >= 0.3 is 0 Å². The minimum atomic E-state index is -0.114. The fourth-order valence-corrected chi connectivity index (χ4v) is 3.25. The molecule has 0 saturated carbocycles. The third kappa shape index (κ3) is 6.99. The Labute approximate surface area is 183 Å². The molecule has 0 aliphatic rings. The molecule has 2 aromatic carbocycles. The number of benzene rings is 2. The summed E-state index contributed by atoms with van der Waals surface area (Å²) >= 11 is 0. The van der Waals surface area contributed by atoms with E-state index in [4.69, 9.17) is 0 Å². The van der Waals surface area contributed by atoms with Gasteiger partial charge in [0.15, 0.2) is 5.96 Å². The summed E-state index contributed by atoms with van der Waals surface area (Å²) in [5.41, 5.74) is 4.38. The molecule has 7 heteroatoms. The molecular formula is C24H30N6O. The Kier molecular flexibility index (Phi) is 7.81. The number of guanidine groups is 1. The number of hydrogen-bond acceptors (Lipinski definition) is 3. The van der Waals surface area contributed by atoms with E-state index < -0.39 is 0 Å². The highest BCUT2D eigenvalue weighted by molar-refractivity contribution is 5.90. The van der Waals surface area contributed by atoms with Crippen molar-refractivity contribution in [3.8, 4) is 0 Å². The SMILES string of the molecule is CN=C(NCc1cccc(NC(=O)Cn2cccn2)c1)NCC(C)c1cccc(C)c1. The van der Waals surface area contributed by atoms with E-state index in [1.165, 1.54) is 11.1 Å². The van der Waals surface area contributed by atoms with Crippen LogP contribution < -0.4 is 16.0 Å². The van der Waals surface area contributed by atoms with Crippen LogP contribution in [0.4, 0.5) is 5.69 Å². The van der Waals surface area contributed by atoms with Crippen molar-refractivity contribution < 1.29 is 4.79 Å². The van der Waals surface area contributed by atoms with Crippen LogP contribution in [0.2, 0.25) is 0 Å². The van der Waals surface area contributed by atoms with Crippen molar-refractivity contribution >= 4 is 17.6 Å². The van der Waals surface area contributed by atoms with Crippen molar-refractivity contribution in [1.82, 2.24) is 20.4 Å². The second-order valence-electron chi connectivity index (χ2n) is 7.57. The molecular weight excluding hydrogens is 388 g/mol. The van der Waals surface area contributed by atoms with Crippen LogP contribution in [0, 0.1) is 6.92 Å². The molecule has 3 N–H and O–H groups in total. The summed E-state index contributed by atoms with van der Waals surface area (Å²) in [6.45, 7) is 5.88. The van der Waals surface area contributed by atoms with Gasteiger partial charge in [0.25, 0.3) is 0 Å². The topological polar surface area (TPSA) is 83.3 Å². The molecule has 0 aliphatic carbocycles. The molecule has 0 saturated heterocycles. The molecule has 0 fully saturated rings. The predicted molar refractivity (Wildman–Crippen MR) is 125 cm³/mol. The Morgan fingerprint density at radius 3 is 2.71 bits per heavy atom. The van der Waals surface area contributed by atoms with Crippen molar-refractivity contribution in [2.24, 2.45) is 4.99 Å². The van der Waals surface area contributed by atoms with Gasteiger partial charge in [-0.25, -0.2) is 0 Å². The van der Waals surface area contributed by atoms with Gasteiger partial charge in [0.1, 0.15) is 6.54 Å². The van der Waals surface area contributed by atoms with Crippen LogP contribution in [0.15, 0.2) is 72.0 Å². The number of rotatable bonds is 8. The lowest BCUT2D eigenvalue weighted by atomic mass is 9.99. The van der Waals surface area contributed by atoms with E-state index in [0.29, 0.717) is 12.5 Å². The molecule has 1 aromatic heterocycles. The summed E-state index contributed by atoms with van der Waals surface area (Å²) in [7, 11) is 1.76. The molecule has 1 unspecified atom stereocenters. The summed E-state index contributed by atoms with van der Waals surface area (Å²) in [6.07, 6.45) is 3.42. The normalized spacial score (nSPS) is 12.3. The maximum Gasteiger partial charge on any atom is 0.246 e. The Morgan fingerprint density at radius 2 is 1.97 bits per heavy atom. The summed E-state index contributed by atoms with van der Waals surface area (Å²) in [5.74, 6) is 0.996. The van der Waals surface area contributed by atoms with Crippen molar-refractivity contribution in [2.45, 2.75) is 32.9 Å². The van der Waals surface area contributed by atoms with Crippen molar-refractivity contribution in [1.29, 1.82) is 0 Å². The van der Waals surface area contributed by atoms with Crippen LogP contribution in [-0.2, 0) is 17.9 Å². The first-order valence-corrected chi connectivity index (χ1v) is 10.4. The van der Waals surface area contributed by atoms with Gasteiger partial charge in [-0.3, -0.25) is 14.5 Å². The minimum Gasteiger partial charge on any atom is -0.356 e. The van der Waals surface area contributed by atoms with Gasteiger partial charge in [0, 0.05) is 38.2 Å². The summed E-state index contributed by atoms with van der Waals surface area (Å²) in [4.78, 5) is 16.5. The van der Waals surface area contributed by atoms with Gasteiger partial charge in [0.05, 0.1) is 0 Å². The fourth-order valence-electron chi connectivity index (χ4n) is 3.25. The minimum absolute atomic E-state index is 0.114. The molecule has 162 valence electrons. The first kappa shape index (κ1) is 22.1. The van der Waals surface area contributed by atoms with Crippen molar-refractivity contribution in [3.05, 3.63) is 83.7 Å². The van der Waals surface area contributed by atoms with Crippen molar-refractivity contribution in [2.75, 3.05) is 18.9 Å². The Hall–Kier alpha value is -3.61. The third-order valence-corrected chi connectivity index (χ3v) is 4.95. The molecule has 3 aromatic rings. The van der Waals surface area contributed by atoms with E-state index in [-0.39, 0.29) is 12.5 Å². The monoisotopic (exact) mass is 418 g/mol. The first-order chi connectivity index (χ1) is 15.0. The van der Waals surface area contributed by atoms with E-state index in [0.717, 1.165) is 23.8 Å². The van der Waals surface area contributed by atoms with Crippen LogP contribution in [0.25, 0.3) is 0 Å². The number of aryl methyl sites for hydroxylation is 1. The van der Waals surface area contributed by atoms with Gasteiger partial charge in [-0.2, -0.15) is 5.10 Å². The highest BCUT2D eigenvalue weighted by Gasteiger charge is 2.08. The van der Waals surface area contributed by atoms with Crippen molar-refractivity contribution in [3.63, 3.8) is 0 Å². The number of carbonyl (C=O) groups is 1. The van der Waals surface area contributed by atoms with Gasteiger partial charge in [-0.05, 0) is 42.2 Å². The van der Waals surface area contributed by atoms with E-state index >= 15 is 0 Å². The molecule has 31 heavy (non-hydrogen) atoms. The quantitative estimate of drug-likeness (QED) is 0.387. The number of hydrogen-bond donors (Lipinski definition) is 3. The number of nitrogens with zero attached hydrogens (tertiary/aromatic N) is 3. The number of nitrogens with one attached hydrogen (secondary N) is 3. The van der Waals surface area contributed by atoms with E-state index in [1.807, 2.05) is 24.3 Å².